The molecule has 0 aliphatic carbocycles. The van der Waals surface area contributed by atoms with Crippen LogP contribution in [0.1, 0.15) is 13.8 Å². The zero-order chi connectivity index (χ0) is 13.2. The van der Waals surface area contributed by atoms with Gasteiger partial charge in [-0.25, -0.2) is 4.39 Å². The van der Waals surface area contributed by atoms with Crippen LogP contribution in [0.25, 0.3) is 0 Å². The van der Waals surface area contributed by atoms with Gasteiger partial charge in [-0.1, -0.05) is 0 Å². The zero-order valence-electron chi connectivity index (χ0n) is 9.94. The molecule has 0 saturated carbocycles. The number of nitrogen functional groups attached to an aromatic ring is 1. The van der Waals surface area contributed by atoms with Crippen LogP contribution in [0.2, 0.25) is 0 Å². The Morgan fingerprint density at radius 3 is 2.53 bits per heavy atom. The largest absolute Gasteiger partial charge is 0.397 e. The van der Waals surface area contributed by atoms with Crippen LogP contribution in [-0.4, -0.2) is 25.8 Å². The molecule has 0 fully saturated rings. The van der Waals surface area contributed by atoms with Gasteiger partial charge in [-0.05, 0) is 26.0 Å². The Morgan fingerprint density at radius 1 is 1.41 bits per heavy atom. The first kappa shape index (κ1) is 13.7. The monoisotopic (exact) mass is 261 g/mol. The van der Waals surface area contributed by atoms with Crippen molar-refractivity contribution >= 4 is 21.6 Å². The fraction of sp³-hybridized carbons (Fsp3) is 0.400. The van der Waals surface area contributed by atoms with E-state index < -0.39 is 16.0 Å². The molecule has 5 nitrogen and oxygen atoms in total. The van der Waals surface area contributed by atoms with E-state index in [1.807, 2.05) is 0 Å². The van der Waals surface area contributed by atoms with Crippen molar-refractivity contribution in [1.82, 2.24) is 4.31 Å². The molecule has 1 aromatic rings. The third-order valence-electron chi connectivity index (χ3n) is 2.36. The van der Waals surface area contributed by atoms with E-state index in [9.17, 15) is 12.8 Å². The summed E-state index contributed by atoms with van der Waals surface area (Å²) >= 11 is 0. The topological polar surface area (TPSA) is 75.4 Å². The smallest absolute Gasteiger partial charge is 0.301 e. The quantitative estimate of drug-likeness (QED) is 0.804. The van der Waals surface area contributed by atoms with E-state index in [2.05, 4.69) is 4.72 Å². The van der Waals surface area contributed by atoms with Crippen molar-refractivity contribution in [1.29, 1.82) is 0 Å². The molecule has 0 unspecified atom stereocenters. The standard InChI is InChI=1S/C10H16FN3O2S/c1-7(2)14(3)17(15,16)13-10-6-8(11)4-5-9(10)12/h4-7,13H,12H2,1-3H3. The van der Waals surface area contributed by atoms with Gasteiger partial charge in [0.05, 0.1) is 11.4 Å². The third-order valence-corrected chi connectivity index (χ3v) is 4.02. The zero-order valence-corrected chi connectivity index (χ0v) is 10.8. The van der Waals surface area contributed by atoms with Gasteiger partial charge in [0.25, 0.3) is 0 Å². The number of nitrogens with one attached hydrogen (secondary N) is 1. The lowest BCUT2D eigenvalue weighted by Crippen LogP contribution is -2.37. The van der Waals surface area contributed by atoms with E-state index in [1.165, 1.54) is 19.2 Å². The summed E-state index contributed by atoms with van der Waals surface area (Å²) in [6.07, 6.45) is 0. The second-order valence-electron chi connectivity index (χ2n) is 3.95. The van der Waals surface area contributed by atoms with Crippen molar-refractivity contribution in [2.45, 2.75) is 19.9 Å². The minimum atomic E-state index is -3.72. The maximum Gasteiger partial charge on any atom is 0.301 e. The summed E-state index contributed by atoms with van der Waals surface area (Å²) in [6, 6.07) is 3.31. The molecule has 0 atom stereocenters. The van der Waals surface area contributed by atoms with Gasteiger partial charge in [0, 0.05) is 19.2 Å². The Labute approximate surface area is 101 Å². The SMILES string of the molecule is CC(C)N(C)S(=O)(=O)Nc1cc(F)ccc1N. The van der Waals surface area contributed by atoms with Gasteiger partial charge in [0.15, 0.2) is 0 Å². The van der Waals surface area contributed by atoms with Crippen molar-refractivity contribution in [3.05, 3.63) is 24.0 Å². The van der Waals surface area contributed by atoms with Crippen molar-refractivity contribution in [2.24, 2.45) is 0 Å². The molecule has 3 N–H and O–H groups in total. The summed E-state index contributed by atoms with van der Waals surface area (Å²) in [5.41, 5.74) is 5.77. The second-order valence-corrected chi connectivity index (χ2v) is 5.68. The van der Waals surface area contributed by atoms with Gasteiger partial charge < -0.3 is 5.73 Å². The number of rotatable bonds is 4. The Kier molecular flexibility index (Phi) is 3.94. The highest BCUT2D eigenvalue weighted by Crippen LogP contribution is 2.21. The molecule has 0 aliphatic rings. The molecule has 1 rings (SSSR count). The Bertz CT molecular complexity index is 502. The molecule has 0 amide bonds. The van der Waals surface area contributed by atoms with Crippen LogP contribution in [0, 0.1) is 5.82 Å². The highest BCUT2D eigenvalue weighted by Gasteiger charge is 2.21. The number of benzene rings is 1. The maximum atomic E-state index is 13.0. The molecule has 0 saturated heterocycles. The molecule has 96 valence electrons. The number of hydrogen-bond donors (Lipinski definition) is 2. The van der Waals surface area contributed by atoms with Crippen molar-refractivity contribution in [2.75, 3.05) is 17.5 Å². The predicted octanol–water partition coefficient (Wildman–Crippen LogP) is 1.40. The molecular weight excluding hydrogens is 245 g/mol. The molecular formula is C10H16FN3O2S. The molecule has 0 bridgehead atoms. The van der Waals surface area contributed by atoms with E-state index in [-0.39, 0.29) is 17.4 Å². The molecule has 17 heavy (non-hydrogen) atoms. The first-order valence-electron chi connectivity index (χ1n) is 5.05. The summed E-state index contributed by atoms with van der Waals surface area (Å²) in [5, 5.41) is 0. The van der Waals surface area contributed by atoms with Crippen LogP contribution < -0.4 is 10.5 Å². The summed E-state index contributed by atoms with van der Waals surface area (Å²) < 4.78 is 40.0. The predicted molar refractivity (Wildman–Crippen MR) is 66.3 cm³/mol. The van der Waals surface area contributed by atoms with Gasteiger partial charge in [0.2, 0.25) is 0 Å². The third kappa shape index (κ3) is 3.31. The molecule has 7 heteroatoms. The molecule has 0 spiro atoms. The average Bonchev–Trinajstić information content (AvgIpc) is 2.21. The number of nitrogens with zero attached hydrogens (tertiary/aromatic N) is 1. The van der Waals surface area contributed by atoms with Gasteiger partial charge in [0.1, 0.15) is 5.82 Å². The second kappa shape index (κ2) is 4.89. The van der Waals surface area contributed by atoms with Gasteiger partial charge >= 0.3 is 10.2 Å². The van der Waals surface area contributed by atoms with E-state index >= 15 is 0 Å². The Balaban J connectivity index is 3.02. The average molecular weight is 261 g/mol. The number of anilines is 2. The van der Waals surface area contributed by atoms with Gasteiger partial charge in [-0.2, -0.15) is 12.7 Å². The van der Waals surface area contributed by atoms with E-state index in [1.54, 1.807) is 13.8 Å². The first-order valence-corrected chi connectivity index (χ1v) is 6.49. The molecule has 0 heterocycles. The lowest BCUT2D eigenvalue weighted by Gasteiger charge is -2.22. The Hall–Kier alpha value is -1.34. The Morgan fingerprint density at radius 2 is 2.00 bits per heavy atom. The first-order chi connectivity index (χ1) is 7.74. The summed E-state index contributed by atoms with van der Waals surface area (Å²) in [7, 11) is -2.28. The highest BCUT2D eigenvalue weighted by atomic mass is 32.2. The van der Waals surface area contributed by atoms with Gasteiger partial charge in [-0.3, -0.25) is 4.72 Å². The van der Waals surface area contributed by atoms with E-state index in [4.69, 9.17) is 5.73 Å². The van der Waals surface area contributed by atoms with Crippen molar-refractivity contribution in [3.63, 3.8) is 0 Å². The molecule has 0 aliphatic heterocycles. The van der Waals surface area contributed by atoms with Gasteiger partial charge in [-0.15, -0.1) is 0 Å². The minimum absolute atomic E-state index is 0.0394. The lowest BCUT2D eigenvalue weighted by atomic mass is 10.3. The fourth-order valence-electron chi connectivity index (χ4n) is 1.11. The lowest BCUT2D eigenvalue weighted by molar-refractivity contribution is 0.414. The van der Waals surface area contributed by atoms with Crippen molar-refractivity contribution in [3.8, 4) is 0 Å². The van der Waals surface area contributed by atoms with Crippen LogP contribution in [0.15, 0.2) is 18.2 Å². The molecule has 0 radical (unpaired) electrons. The van der Waals surface area contributed by atoms with E-state index in [0.29, 0.717) is 0 Å². The van der Waals surface area contributed by atoms with Crippen LogP contribution in [0.4, 0.5) is 15.8 Å². The number of nitrogens with two attached hydrogens (primary N) is 1. The number of hydrogen-bond acceptors (Lipinski definition) is 3. The van der Waals surface area contributed by atoms with Crippen LogP contribution >= 0.6 is 0 Å². The van der Waals surface area contributed by atoms with Crippen LogP contribution in [-0.2, 0) is 10.2 Å². The van der Waals surface area contributed by atoms with E-state index in [0.717, 1.165) is 10.4 Å². The summed E-state index contributed by atoms with van der Waals surface area (Å²) in [4.78, 5) is 0. The normalized spacial score (nSPS) is 12.1. The van der Waals surface area contributed by atoms with Crippen molar-refractivity contribution < 1.29 is 12.8 Å². The maximum absolute atomic E-state index is 13.0. The highest BCUT2D eigenvalue weighted by molar-refractivity contribution is 7.90. The minimum Gasteiger partial charge on any atom is -0.397 e. The number of halogens is 1. The fourth-order valence-corrected chi connectivity index (χ4v) is 2.26. The van der Waals surface area contributed by atoms with Crippen LogP contribution in [0.3, 0.4) is 0 Å². The summed E-state index contributed by atoms with van der Waals surface area (Å²) in [6.45, 7) is 3.46. The molecule has 1 aromatic carbocycles. The van der Waals surface area contributed by atoms with Crippen LogP contribution in [0.5, 0.6) is 0 Å². The summed E-state index contributed by atoms with van der Waals surface area (Å²) in [5.74, 6) is -0.552. The molecule has 0 aromatic heterocycles.